The minimum atomic E-state index is -1.38. The minimum absolute atomic E-state index is 0.0108. The van der Waals surface area contributed by atoms with Gasteiger partial charge in [0.1, 0.15) is 5.54 Å². The van der Waals surface area contributed by atoms with Crippen molar-refractivity contribution in [3.8, 4) is 6.07 Å². The predicted octanol–water partition coefficient (Wildman–Crippen LogP) is 5.55. The van der Waals surface area contributed by atoms with E-state index in [1.807, 2.05) is 0 Å². The molecule has 4 aromatic rings. The molecule has 2 unspecified atom stereocenters. The van der Waals surface area contributed by atoms with Crippen molar-refractivity contribution in [2.24, 2.45) is 0 Å². The van der Waals surface area contributed by atoms with Crippen LogP contribution in [0.25, 0.3) is 10.2 Å². The topological polar surface area (TPSA) is 97.6 Å². The Morgan fingerprint density at radius 2 is 1.79 bits per heavy atom. The van der Waals surface area contributed by atoms with Crippen LogP contribution >= 0.6 is 34.5 Å². The number of carbonyl (C=O) groups is 3. The van der Waals surface area contributed by atoms with Crippen LogP contribution in [0.3, 0.4) is 0 Å². The summed E-state index contributed by atoms with van der Waals surface area (Å²) in [6.45, 7) is 0.183. The maximum absolute atomic E-state index is 14.3. The second kappa shape index (κ2) is 9.35. The average Bonchev–Trinajstić information content (AvgIpc) is 3.61. The molecule has 2 aliphatic rings. The number of benzene rings is 3. The first-order chi connectivity index (χ1) is 18.7. The maximum Gasteiger partial charge on any atom is 0.332 e. The van der Waals surface area contributed by atoms with Crippen LogP contribution in [-0.4, -0.2) is 58.3 Å². The third-order valence-electron chi connectivity index (χ3n) is 7.47. The summed E-state index contributed by atoms with van der Waals surface area (Å²) in [6, 6.07) is 18.3. The van der Waals surface area contributed by atoms with Crippen molar-refractivity contribution in [1.82, 2.24) is 14.8 Å². The first kappa shape index (κ1) is 25.3. The lowest BCUT2D eigenvalue weighted by molar-refractivity contribution is -0.124. The number of anilines is 1. The number of carbonyl (C=O) groups excluding carboxylic acids is 3. The lowest BCUT2D eigenvalue weighted by Crippen LogP contribution is -2.54. The number of fused-ring (bicyclic) bond motifs is 1. The van der Waals surface area contributed by atoms with Crippen molar-refractivity contribution in [2.75, 3.05) is 25.0 Å². The van der Waals surface area contributed by atoms with Gasteiger partial charge in [-0.1, -0.05) is 35.3 Å². The van der Waals surface area contributed by atoms with Gasteiger partial charge < -0.3 is 9.80 Å². The number of halogens is 2. The smallest absolute Gasteiger partial charge is 0.332 e. The Balaban J connectivity index is 1.45. The number of amides is 4. The third-order valence-corrected chi connectivity index (χ3v) is 8.70. The molecular weight excluding hydrogens is 557 g/mol. The van der Waals surface area contributed by atoms with E-state index in [0.717, 1.165) is 20.7 Å². The molecule has 39 heavy (non-hydrogen) atoms. The first-order valence-corrected chi connectivity index (χ1v) is 13.6. The van der Waals surface area contributed by atoms with Crippen molar-refractivity contribution in [3.63, 3.8) is 0 Å². The average molecular weight is 576 g/mol. The first-order valence-electron chi connectivity index (χ1n) is 11.9. The van der Waals surface area contributed by atoms with Gasteiger partial charge in [0.2, 0.25) is 0 Å². The van der Waals surface area contributed by atoms with E-state index in [9.17, 15) is 19.6 Å². The van der Waals surface area contributed by atoms with Gasteiger partial charge in [0.05, 0.1) is 39.6 Å². The van der Waals surface area contributed by atoms with Crippen molar-refractivity contribution < 1.29 is 14.4 Å². The van der Waals surface area contributed by atoms with E-state index in [1.54, 1.807) is 59.9 Å². The van der Waals surface area contributed by atoms with Crippen LogP contribution in [0.1, 0.15) is 27.4 Å². The lowest BCUT2D eigenvalue weighted by atomic mass is 9.80. The van der Waals surface area contributed by atoms with Crippen molar-refractivity contribution in [3.05, 3.63) is 92.9 Å². The molecule has 11 heteroatoms. The Morgan fingerprint density at radius 3 is 2.49 bits per heavy atom. The highest BCUT2D eigenvalue weighted by atomic mass is 35.5. The molecule has 0 radical (unpaired) electrons. The van der Waals surface area contributed by atoms with Gasteiger partial charge in [0.25, 0.3) is 11.8 Å². The molecule has 3 heterocycles. The maximum atomic E-state index is 14.3. The Morgan fingerprint density at radius 1 is 1.08 bits per heavy atom. The van der Waals surface area contributed by atoms with Gasteiger partial charge in [0.15, 0.2) is 0 Å². The van der Waals surface area contributed by atoms with Crippen LogP contribution in [-0.2, 0) is 4.79 Å². The third kappa shape index (κ3) is 3.95. The number of imide groups is 1. The number of nitrogens with zero attached hydrogens (tertiary/aromatic N) is 5. The highest BCUT2D eigenvalue weighted by Gasteiger charge is 2.65. The summed E-state index contributed by atoms with van der Waals surface area (Å²) in [7, 11) is 1.57. The molecule has 1 aromatic heterocycles. The van der Waals surface area contributed by atoms with E-state index in [-0.39, 0.29) is 34.7 Å². The van der Waals surface area contributed by atoms with E-state index < -0.39 is 23.4 Å². The Kier molecular flexibility index (Phi) is 6.07. The molecule has 4 amide bonds. The summed E-state index contributed by atoms with van der Waals surface area (Å²) < 4.78 is 0.881. The van der Waals surface area contributed by atoms with Crippen molar-refractivity contribution >= 4 is 68.3 Å². The zero-order valence-electron chi connectivity index (χ0n) is 20.5. The van der Waals surface area contributed by atoms with Crippen molar-refractivity contribution in [1.29, 1.82) is 5.26 Å². The second-order valence-electron chi connectivity index (χ2n) is 9.54. The van der Waals surface area contributed by atoms with Gasteiger partial charge >= 0.3 is 6.03 Å². The predicted molar refractivity (Wildman–Crippen MR) is 149 cm³/mol. The number of likely N-dealkylation sites (N-methyl/N-ethyl adjacent to an activating group) is 1. The van der Waals surface area contributed by atoms with E-state index in [2.05, 4.69) is 11.1 Å². The summed E-state index contributed by atoms with van der Waals surface area (Å²) in [5.41, 5.74) is 3.07. The summed E-state index contributed by atoms with van der Waals surface area (Å²) in [5.74, 6) is -1.28. The highest BCUT2D eigenvalue weighted by molar-refractivity contribution is 7.16. The number of aromatic nitrogens is 1. The fourth-order valence-electron chi connectivity index (χ4n) is 5.53. The minimum Gasteiger partial charge on any atom is -0.335 e. The number of thiazole rings is 1. The number of hydrogen-bond acceptors (Lipinski definition) is 6. The van der Waals surface area contributed by atoms with Crippen molar-refractivity contribution in [2.45, 2.75) is 11.5 Å². The number of likely N-dealkylation sites (tertiary alicyclic amines) is 1. The van der Waals surface area contributed by atoms with Gasteiger partial charge in [-0.2, -0.15) is 5.26 Å². The molecule has 6 rings (SSSR count). The molecule has 1 spiro atoms. The molecule has 2 saturated heterocycles. The molecule has 0 N–H and O–H groups in total. The number of urea groups is 1. The molecule has 3 aromatic carbocycles. The Labute approximate surface area is 237 Å². The zero-order valence-corrected chi connectivity index (χ0v) is 22.8. The monoisotopic (exact) mass is 575 g/mol. The summed E-state index contributed by atoms with van der Waals surface area (Å²) in [6.07, 6.45) is 0. The number of hydrogen-bond donors (Lipinski definition) is 0. The van der Waals surface area contributed by atoms with E-state index in [0.29, 0.717) is 11.1 Å². The second-order valence-corrected chi connectivity index (χ2v) is 11.3. The molecule has 0 saturated carbocycles. The standard InChI is InChI=1S/C28H19Cl2N5O3S/c1-33-27(38)35(21-10-19(29)9-20(30)11-21)26(37)28(33)14-34(13-22(28)17-4-2-16(12-31)3-5-17)25(36)18-6-7-23-24(8-18)39-15-32-23/h2-11,15,22H,13-14H2,1H3. The highest BCUT2D eigenvalue weighted by Crippen LogP contribution is 2.47. The van der Waals surface area contributed by atoms with Crippen LogP contribution in [0.5, 0.6) is 0 Å². The normalized spacial score (nSPS) is 20.9. The summed E-state index contributed by atoms with van der Waals surface area (Å²) in [5, 5.41) is 9.85. The van der Waals surface area contributed by atoms with Gasteiger partial charge in [-0.15, -0.1) is 11.3 Å². The van der Waals surface area contributed by atoms with Crippen LogP contribution in [0.4, 0.5) is 10.5 Å². The van der Waals surface area contributed by atoms with E-state index in [4.69, 9.17) is 23.2 Å². The SMILES string of the molecule is CN1C(=O)N(c2cc(Cl)cc(Cl)c2)C(=O)C12CN(C(=O)c1ccc3ncsc3c1)CC2c1ccc(C#N)cc1. The van der Waals surface area contributed by atoms with Gasteiger partial charge in [-0.3, -0.25) is 9.59 Å². The molecule has 194 valence electrons. The lowest BCUT2D eigenvalue weighted by Gasteiger charge is -2.33. The fraction of sp³-hybridized carbons (Fsp3) is 0.179. The molecule has 2 fully saturated rings. The van der Waals surface area contributed by atoms with Gasteiger partial charge in [-0.05, 0) is 54.1 Å². The largest absolute Gasteiger partial charge is 0.335 e. The van der Waals surface area contributed by atoms with Crippen LogP contribution in [0, 0.1) is 11.3 Å². The van der Waals surface area contributed by atoms with Gasteiger partial charge in [0, 0.05) is 35.1 Å². The number of nitriles is 1. The summed E-state index contributed by atoms with van der Waals surface area (Å²) in [4.78, 5) is 50.1. The molecular formula is C28H19Cl2N5O3S. The molecule has 0 bridgehead atoms. The zero-order chi connectivity index (χ0) is 27.5. The van der Waals surface area contributed by atoms with Crippen LogP contribution in [0.15, 0.2) is 66.2 Å². The quantitative estimate of drug-likeness (QED) is 0.298. The van der Waals surface area contributed by atoms with Gasteiger partial charge in [-0.25, -0.2) is 14.7 Å². The Hall–Kier alpha value is -3.97. The Bertz CT molecular complexity index is 1700. The van der Waals surface area contributed by atoms with E-state index in [1.165, 1.54) is 34.4 Å². The molecule has 0 aliphatic carbocycles. The summed E-state index contributed by atoms with van der Waals surface area (Å²) >= 11 is 13.8. The molecule has 2 aliphatic heterocycles. The van der Waals surface area contributed by atoms with Crippen LogP contribution < -0.4 is 4.90 Å². The number of rotatable bonds is 3. The van der Waals surface area contributed by atoms with E-state index >= 15 is 0 Å². The molecule has 2 atom stereocenters. The fourth-order valence-corrected chi connectivity index (χ4v) is 6.76. The molecule has 8 nitrogen and oxygen atoms in total. The van der Waals surface area contributed by atoms with Crippen LogP contribution in [0.2, 0.25) is 10.0 Å².